The van der Waals surface area contributed by atoms with Gasteiger partial charge in [0.25, 0.3) is 5.22 Å². The Morgan fingerprint density at radius 1 is 1.40 bits per heavy atom. The van der Waals surface area contributed by atoms with Gasteiger partial charge in [0.15, 0.2) is 9.84 Å². The lowest BCUT2D eigenvalue weighted by Crippen LogP contribution is -2.39. The van der Waals surface area contributed by atoms with Crippen LogP contribution in [-0.2, 0) is 14.6 Å². The Morgan fingerprint density at radius 2 is 2.20 bits per heavy atom. The predicted molar refractivity (Wildman–Crippen MR) is 95.0 cm³/mol. The standard InChI is InChI=1S/C16H19N3O4S2/c1-10-4-3-5-12(8-10)15-18-19-16(23-15)24-11(2)14(20)17-13-6-7-25(21,22)9-13/h3-5,8,11,13H,6-7,9H2,1-2H3,(H,17,20)/t11-,13+/m1/s1. The Hall–Kier alpha value is -1.87. The number of nitrogens with one attached hydrogen (secondary N) is 1. The fourth-order valence-corrected chi connectivity index (χ4v) is 4.95. The number of aromatic nitrogens is 2. The Labute approximate surface area is 150 Å². The smallest absolute Gasteiger partial charge is 0.277 e. The number of amides is 1. The minimum absolute atomic E-state index is 0.00813. The molecule has 1 aromatic carbocycles. The molecule has 0 unspecified atom stereocenters. The molecule has 2 heterocycles. The van der Waals surface area contributed by atoms with Crippen LogP contribution in [-0.4, -0.2) is 47.3 Å². The van der Waals surface area contributed by atoms with E-state index in [-0.39, 0.29) is 23.5 Å². The van der Waals surface area contributed by atoms with Crippen molar-refractivity contribution in [2.75, 3.05) is 11.5 Å². The van der Waals surface area contributed by atoms with E-state index in [1.54, 1.807) is 6.92 Å². The molecule has 1 aliphatic heterocycles. The van der Waals surface area contributed by atoms with E-state index in [2.05, 4.69) is 15.5 Å². The molecule has 1 aromatic heterocycles. The highest BCUT2D eigenvalue weighted by molar-refractivity contribution is 8.00. The van der Waals surface area contributed by atoms with Gasteiger partial charge in [-0.15, -0.1) is 10.2 Å². The summed E-state index contributed by atoms with van der Waals surface area (Å²) in [5.74, 6) is 0.306. The van der Waals surface area contributed by atoms with Gasteiger partial charge in [-0.25, -0.2) is 8.42 Å². The summed E-state index contributed by atoms with van der Waals surface area (Å²) in [4.78, 5) is 12.2. The molecule has 0 bridgehead atoms. The number of nitrogens with zero attached hydrogens (tertiary/aromatic N) is 2. The average molecular weight is 381 g/mol. The lowest BCUT2D eigenvalue weighted by Gasteiger charge is -2.14. The van der Waals surface area contributed by atoms with Crippen LogP contribution < -0.4 is 5.32 Å². The first-order valence-electron chi connectivity index (χ1n) is 7.90. The zero-order valence-corrected chi connectivity index (χ0v) is 15.6. The normalized spacial score (nSPS) is 20.3. The summed E-state index contributed by atoms with van der Waals surface area (Å²) in [5, 5.41) is 10.6. The molecule has 0 aliphatic carbocycles. The van der Waals surface area contributed by atoms with Gasteiger partial charge in [0, 0.05) is 11.6 Å². The molecule has 1 N–H and O–H groups in total. The number of aryl methyl sites for hydroxylation is 1. The van der Waals surface area contributed by atoms with E-state index in [0.29, 0.717) is 17.5 Å². The van der Waals surface area contributed by atoms with Gasteiger partial charge in [-0.1, -0.05) is 29.5 Å². The molecule has 1 fully saturated rings. The maximum Gasteiger partial charge on any atom is 0.277 e. The van der Waals surface area contributed by atoms with Crippen LogP contribution in [0.3, 0.4) is 0 Å². The zero-order valence-electron chi connectivity index (χ0n) is 13.9. The topological polar surface area (TPSA) is 102 Å². The van der Waals surface area contributed by atoms with Crippen LogP contribution in [0.25, 0.3) is 11.5 Å². The zero-order chi connectivity index (χ0) is 18.0. The largest absolute Gasteiger partial charge is 0.411 e. The van der Waals surface area contributed by atoms with Crippen molar-refractivity contribution in [1.82, 2.24) is 15.5 Å². The van der Waals surface area contributed by atoms with Crippen LogP contribution in [0.2, 0.25) is 0 Å². The predicted octanol–water partition coefficient (Wildman–Crippen LogP) is 1.83. The number of hydrogen-bond donors (Lipinski definition) is 1. The summed E-state index contributed by atoms with van der Waals surface area (Å²) in [7, 11) is -3.02. The highest BCUT2D eigenvalue weighted by atomic mass is 32.2. The summed E-state index contributed by atoms with van der Waals surface area (Å²) in [6, 6.07) is 7.40. The second-order valence-electron chi connectivity index (χ2n) is 6.11. The quantitative estimate of drug-likeness (QED) is 0.788. The highest BCUT2D eigenvalue weighted by Crippen LogP contribution is 2.26. The molecular formula is C16H19N3O4S2. The number of thioether (sulfide) groups is 1. The minimum Gasteiger partial charge on any atom is -0.411 e. The van der Waals surface area contributed by atoms with Gasteiger partial charge >= 0.3 is 0 Å². The molecule has 2 aromatic rings. The van der Waals surface area contributed by atoms with Crippen LogP contribution in [0.15, 0.2) is 33.9 Å². The summed E-state index contributed by atoms with van der Waals surface area (Å²) in [6.45, 7) is 3.70. The lowest BCUT2D eigenvalue weighted by molar-refractivity contribution is -0.120. The van der Waals surface area contributed by atoms with Crippen molar-refractivity contribution in [1.29, 1.82) is 0 Å². The average Bonchev–Trinajstić information content (AvgIpc) is 3.13. The summed E-state index contributed by atoms with van der Waals surface area (Å²) in [5.41, 5.74) is 1.91. The van der Waals surface area contributed by atoms with Crippen molar-refractivity contribution >= 4 is 27.5 Å². The maximum atomic E-state index is 12.2. The van der Waals surface area contributed by atoms with Crippen LogP contribution in [0.1, 0.15) is 18.9 Å². The van der Waals surface area contributed by atoms with Gasteiger partial charge in [0.1, 0.15) is 0 Å². The summed E-state index contributed by atoms with van der Waals surface area (Å²) < 4.78 is 28.5. The summed E-state index contributed by atoms with van der Waals surface area (Å²) in [6.07, 6.45) is 0.462. The molecule has 0 spiro atoms. The van der Waals surface area contributed by atoms with Gasteiger partial charge in [0.2, 0.25) is 11.8 Å². The van der Waals surface area contributed by atoms with Gasteiger partial charge < -0.3 is 9.73 Å². The molecule has 1 saturated heterocycles. The van der Waals surface area contributed by atoms with Gasteiger partial charge in [-0.2, -0.15) is 0 Å². The van der Waals surface area contributed by atoms with Crippen LogP contribution in [0.5, 0.6) is 0 Å². The molecule has 1 amide bonds. The Kier molecular flexibility index (Phi) is 5.14. The molecule has 134 valence electrons. The number of benzene rings is 1. The van der Waals surface area contributed by atoms with Crippen molar-refractivity contribution < 1.29 is 17.6 Å². The third-order valence-electron chi connectivity index (χ3n) is 3.90. The van der Waals surface area contributed by atoms with Gasteiger partial charge in [-0.05, 0) is 32.4 Å². The minimum atomic E-state index is -3.02. The molecule has 3 rings (SSSR count). The monoisotopic (exact) mass is 381 g/mol. The number of hydrogen-bond acceptors (Lipinski definition) is 7. The molecule has 9 heteroatoms. The maximum absolute atomic E-state index is 12.2. The fourth-order valence-electron chi connectivity index (χ4n) is 2.58. The van der Waals surface area contributed by atoms with Gasteiger partial charge in [-0.3, -0.25) is 4.79 Å². The van der Waals surface area contributed by atoms with Crippen molar-refractivity contribution in [3.63, 3.8) is 0 Å². The number of carbonyl (C=O) groups is 1. The fraction of sp³-hybridized carbons (Fsp3) is 0.438. The highest BCUT2D eigenvalue weighted by Gasteiger charge is 2.30. The Morgan fingerprint density at radius 3 is 2.88 bits per heavy atom. The first-order chi connectivity index (χ1) is 11.8. The van der Waals surface area contributed by atoms with E-state index < -0.39 is 15.1 Å². The van der Waals surface area contributed by atoms with E-state index in [1.807, 2.05) is 31.2 Å². The molecule has 7 nitrogen and oxygen atoms in total. The molecular weight excluding hydrogens is 362 g/mol. The van der Waals surface area contributed by atoms with Crippen molar-refractivity contribution in [3.05, 3.63) is 29.8 Å². The molecule has 0 saturated carbocycles. The van der Waals surface area contributed by atoms with Crippen molar-refractivity contribution in [2.24, 2.45) is 0 Å². The van der Waals surface area contributed by atoms with E-state index >= 15 is 0 Å². The van der Waals surface area contributed by atoms with Crippen molar-refractivity contribution in [2.45, 2.75) is 36.8 Å². The number of carbonyl (C=O) groups excluding carboxylic acids is 1. The van der Waals surface area contributed by atoms with Crippen molar-refractivity contribution in [3.8, 4) is 11.5 Å². The number of rotatable bonds is 5. The SMILES string of the molecule is Cc1cccc(-c2nnc(S[C@H](C)C(=O)N[C@H]3CCS(=O)(=O)C3)o2)c1. The second-order valence-corrected chi connectivity index (χ2v) is 9.63. The number of sulfone groups is 1. The molecule has 1 aliphatic rings. The second kappa shape index (κ2) is 7.17. The molecule has 2 atom stereocenters. The Balaban J connectivity index is 1.59. The first-order valence-corrected chi connectivity index (χ1v) is 10.6. The third-order valence-corrected chi connectivity index (χ3v) is 6.60. The van der Waals surface area contributed by atoms with E-state index in [0.717, 1.165) is 22.9 Å². The van der Waals surface area contributed by atoms with E-state index in [4.69, 9.17) is 4.42 Å². The first kappa shape index (κ1) is 17.9. The van der Waals surface area contributed by atoms with Crippen LogP contribution >= 0.6 is 11.8 Å². The molecule has 0 radical (unpaired) electrons. The van der Waals surface area contributed by atoms with Crippen LogP contribution in [0, 0.1) is 6.92 Å². The van der Waals surface area contributed by atoms with Crippen LogP contribution in [0.4, 0.5) is 0 Å². The van der Waals surface area contributed by atoms with Gasteiger partial charge in [0.05, 0.1) is 16.8 Å². The van der Waals surface area contributed by atoms with E-state index in [9.17, 15) is 13.2 Å². The lowest BCUT2D eigenvalue weighted by atomic mass is 10.1. The summed E-state index contributed by atoms with van der Waals surface area (Å²) >= 11 is 1.15. The van der Waals surface area contributed by atoms with E-state index in [1.165, 1.54) is 0 Å². The molecule has 25 heavy (non-hydrogen) atoms. The third kappa shape index (κ3) is 4.60. The Bertz CT molecular complexity index is 879.